The molecule has 1 N–H and O–H groups in total. The summed E-state index contributed by atoms with van der Waals surface area (Å²) in [4.78, 5) is 34.3. The van der Waals surface area contributed by atoms with E-state index in [1.54, 1.807) is 0 Å². The molecule has 1 rings (SSSR count). The SMILES string of the molecule is CN(CC(=O)O)C(=O)OCCOC(=O)C1CCCCC1. The minimum absolute atomic E-state index is 0.00197. The molecular weight excluding hydrogens is 266 g/mol. The third-order valence-electron chi connectivity index (χ3n) is 3.18. The minimum Gasteiger partial charge on any atom is -0.480 e. The molecule has 1 aliphatic carbocycles. The molecule has 1 amide bonds. The standard InChI is InChI=1S/C13H21NO6/c1-14(9-11(15)16)13(18)20-8-7-19-12(17)10-5-3-2-4-6-10/h10H,2-9H2,1H3,(H,15,16). The molecule has 0 radical (unpaired) electrons. The topological polar surface area (TPSA) is 93.1 Å². The predicted molar refractivity (Wildman–Crippen MR) is 69.1 cm³/mol. The van der Waals surface area contributed by atoms with Crippen LogP contribution in [0.25, 0.3) is 0 Å². The van der Waals surface area contributed by atoms with E-state index < -0.39 is 18.6 Å². The first kappa shape index (κ1) is 16.3. The number of hydrogen-bond acceptors (Lipinski definition) is 5. The van der Waals surface area contributed by atoms with Crippen LogP contribution in [-0.4, -0.2) is 54.8 Å². The summed E-state index contributed by atoms with van der Waals surface area (Å²) in [6.45, 7) is -0.496. The summed E-state index contributed by atoms with van der Waals surface area (Å²) in [5.41, 5.74) is 0. The highest BCUT2D eigenvalue weighted by molar-refractivity contribution is 5.76. The molecule has 7 nitrogen and oxygen atoms in total. The van der Waals surface area contributed by atoms with Gasteiger partial charge in [0.05, 0.1) is 5.92 Å². The molecule has 20 heavy (non-hydrogen) atoms. The number of carbonyl (C=O) groups excluding carboxylic acids is 2. The average molecular weight is 287 g/mol. The zero-order valence-electron chi connectivity index (χ0n) is 11.7. The Hall–Kier alpha value is -1.79. The van der Waals surface area contributed by atoms with Gasteiger partial charge in [0.2, 0.25) is 0 Å². The van der Waals surface area contributed by atoms with Crippen molar-refractivity contribution >= 4 is 18.0 Å². The van der Waals surface area contributed by atoms with Crippen molar-refractivity contribution in [2.45, 2.75) is 32.1 Å². The zero-order valence-corrected chi connectivity index (χ0v) is 11.7. The Morgan fingerprint density at radius 2 is 1.70 bits per heavy atom. The number of carboxylic acid groups (broad SMARTS) is 1. The van der Waals surface area contributed by atoms with E-state index in [0.29, 0.717) is 0 Å². The molecule has 1 aliphatic rings. The van der Waals surface area contributed by atoms with Gasteiger partial charge in [-0.15, -0.1) is 0 Å². The van der Waals surface area contributed by atoms with E-state index in [-0.39, 0.29) is 25.1 Å². The van der Waals surface area contributed by atoms with Crippen LogP contribution in [0.4, 0.5) is 4.79 Å². The molecule has 0 aromatic heterocycles. The maximum Gasteiger partial charge on any atom is 0.410 e. The van der Waals surface area contributed by atoms with Crippen LogP contribution in [0.3, 0.4) is 0 Å². The number of carbonyl (C=O) groups is 3. The van der Waals surface area contributed by atoms with Crippen LogP contribution in [0.2, 0.25) is 0 Å². The molecule has 0 saturated heterocycles. The predicted octanol–water partition coefficient (Wildman–Crippen LogP) is 1.26. The van der Waals surface area contributed by atoms with Gasteiger partial charge in [-0.1, -0.05) is 19.3 Å². The van der Waals surface area contributed by atoms with Crippen molar-refractivity contribution in [1.29, 1.82) is 0 Å². The summed E-state index contributed by atoms with van der Waals surface area (Å²) in [5, 5.41) is 8.50. The van der Waals surface area contributed by atoms with Gasteiger partial charge >= 0.3 is 18.0 Å². The number of esters is 1. The number of ether oxygens (including phenoxy) is 2. The number of likely N-dealkylation sites (N-methyl/N-ethyl adjacent to an activating group) is 1. The zero-order chi connectivity index (χ0) is 15.0. The molecule has 0 heterocycles. The molecule has 0 aromatic rings. The van der Waals surface area contributed by atoms with Gasteiger partial charge in [0.15, 0.2) is 0 Å². The molecule has 0 unspecified atom stereocenters. The lowest BCUT2D eigenvalue weighted by Gasteiger charge is -2.20. The summed E-state index contributed by atoms with van der Waals surface area (Å²) < 4.78 is 9.83. The van der Waals surface area contributed by atoms with Crippen LogP contribution in [0.5, 0.6) is 0 Å². The fraction of sp³-hybridized carbons (Fsp3) is 0.769. The van der Waals surface area contributed by atoms with Crippen LogP contribution < -0.4 is 0 Å². The molecule has 0 atom stereocenters. The number of rotatable bonds is 6. The number of nitrogens with zero attached hydrogens (tertiary/aromatic N) is 1. The van der Waals surface area contributed by atoms with E-state index in [0.717, 1.165) is 37.0 Å². The molecule has 0 bridgehead atoms. The van der Waals surface area contributed by atoms with E-state index in [9.17, 15) is 14.4 Å². The van der Waals surface area contributed by atoms with Crippen molar-refractivity contribution in [2.24, 2.45) is 5.92 Å². The first-order chi connectivity index (χ1) is 9.50. The molecule has 1 saturated carbocycles. The summed E-state index contributed by atoms with van der Waals surface area (Å²) in [7, 11) is 1.32. The van der Waals surface area contributed by atoms with E-state index in [1.807, 2.05) is 0 Å². The molecule has 0 spiro atoms. The van der Waals surface area contributed by atoms with Crippen molar-refractivity contribution in [3.63, 3.8) is 0 Å². The molecule has 114 valence electrons. The van der Waals surface area contributed by atoms with E-state index in [4.69, 9.17) is 14.6 Å². The monoisotopic (exact) mass is 287 g/mol. The second kappa shape index (κ2) is 8.39. The normalized spacial score (nSPS) is 15.4. The van der Waals surface area contributed by atoms with Crippen molar-refractivity contribution < 1.29 is 29.0 Å². The van der Waals surface area contributed by atoms with E-state index in [2.05, 4.69) is 0 Å². The summed E-state index contributed by atoms with van der Waals surface area (Å²) in [6, 6.07) is 0. The first-order valence-electron chi connectivity index (χ1n) is 6.77. The molecule has 0 aromatic carbocycles. The maximum atomic E-state index is 11.7. The van der Waals surface area contributed by atoms with Gasteiger partial charge < -0.3 is 19.5 Å². The Kier molecular flexibility index (Phi) is 6.83. The smallest absolute Gasteiger partial charge is 0.410 e. The van der Waals surface area contributed by atoms with Crippen molar-refractivity contribution in [3.05, 3.63) is 0 Å². The molecular formula is C13H21NO6. The van der Waals surface area contributed by atoms with Crippen LogP contribution in [0, 0.1) is 5.92 Å². The van der Waals surface area contributed by atoms with Crippen molar-refractivity contribution in [2.75, 3.05) is 26.8 Å². The van der Waals surface area contributed by atoms with Gasteiger partial charge in [-0.25, -0.2) is 4.79 Å². The highest BCUT2D eigenvalue weighted by atomic mass is 16.6. The highest BCUT2D eigenvalue weighted by Gasteiger charge is 2.22. The van der Waals surface area contributed by atoms with Crippen molar-refractivity contribution in [3.8, 4) is 0 Å². The second-order valence-electron chi connectivity index (χ2n) is 4.87. The van der Waals surface area contributed by atoms with Crippen LogP contribution in [-0.2, 0) is 19.1 Å². The highest BCUT2D eigenvalue weighted by Crippen LogP contribution is 2.24. The second-order valence-corrected chi connectivity index (χ2v) is 4.87. The Balaban J connectivity index is 2.13. The fourth-order valence-corrected chi connectivity index (χ4v) is 2.11. The lowest BCUT2D eigenvalue weighted by atomic mass is 9.89. The summed E-state index contributed by atoms with van der Waals surface area (Å²) >= 11 is 0. The molecule has 0 aliphatic heterocycles. The maximum absolute atomic E-state index is 11.7. The van der Waals surface area contributed by atoms with Crippen LogP contribution in [0.15, 0.2) is 0 Å². The van der Waals surface area contributed by atoms with E-state index in [1.165, 1.54) is 7.05 Å². The minimum atomic E-state index is -1.12. The largest absolute Gasteiger partial charge is 0.480 e. The third-order valence-corrected chi connectivity index (χ3v) is 3.18. The number of amides is 1. The van der Waals surface area contributed by atoms with E-state index >= 15 is 0 Å². The van der Waals surface area contributed by atoms with Gasteiger partial charge in [0.1, 0.15) is 19.8 Å². The fourth-order valence-electron chi connectivity index (χ4n) is 2.11. The summed E-state index contributed by atoms with van der Waals surface area (Å²) in [5.74, 6) is -1.39. The Morgan fingerprint density at radius 1 is 1.10 bits per heavy atom. The van der Waals surface area contributed by atoms with Gasteiger partial charge in [-0.05, 0) is 12.8 Å². The summed E-state index contributed by atoms with van der Waals surface area (Å²) in [6.07, 6.45) is 4.24. The third kappa shape index (κ3) is 5.90. The number of aliphatic carboxylic acids is 1. The van der Waals surface area contributed by atoms with Crippen molar-refractivity contribution in [1.82, 2.24) is 4.90 Å². The number of carboxylic acids is 1. The molecule has 1 fully saturated rings. The van der Waals surface area contributed by atoms with Gasteiger partial charge in [0.25, 0.3) is 0 Å². The quantitative estimate of drug-likeness (QED) is 0.584. The first-order valence-corrected chi connectivity index (χ1v) is 6.77. The Labute approximate surface area is 117 Å². The van der Waals surface area contributed by atoms with Gasteiger partial charge in [0, 0.05) is 7.05 Å². The van der Waals surface area contributed by atoms with Crippen LogP contribution in [0.1, 0.15) is 32.1 Å². The lowest BCUT2D eigenvalue weighted by Crippen LogP contribution is -2.33. The average Bonchev–Trinajstić information content (AvgIpc) is 2.43. The van der Waals surface area contributed by atoms with Gasteiger partial charge in [-0.3, -0.25) is 9.59 Å². The van der Waals surface area contributed by atoms with Crippen LogP contribution >= 0.6 is 0 Å². The lowest BCUT2D eigenvalue weighted by molar-refractivity contribution is -0.150. The Bertz CT molecular complexity index is 351. The van der Waals surface area contributed by atoms with Gasteiger partial charge in [-0.2, -0.15) is 0 Å². The number of hydrogen-bond donors (Lipinski definition) is 1. The Morgan fingerprint density at radius 3 is 2.30 bits per heavy atom. The molecule has 7 heteroatoms.